The topological polar surface area (TPSA) is 32.3 Å². The molecule has 1 aliphatic rings. The zero-order valence-corrected chi connectivity index (χ0v) is 13.0. The van der Waals surface area contributed by atoms with Crippen LogP contribution in [0.2, 0.25) is 0 Å². The maximum Gasteiger partial charge on any atom is 0.241 e. The number of nitrogens with one attached hydrogen (secondary N) is 1. The van der Waals surface area contributed by atoms with Gasteiger partial charge in [-0.1, -0.05) is 19.9 Å². The van der Waals surface area contributed by atoms with Gasteiger partial charge in [0.05, 0.1) is 6.04 Å². The van der Waals surface area contributed by atoms with Gasteiger partial charge in [0.15, 0.2) is 0 Å². The van der Waals surface area contributed by atoms with Crippen LogP contribution >= 0.6 is 11.3 Å². The molecule has 1 fully saturated rings. The van der Waals surface area contributed by atoms with E-state index in [9.17, 15) is 4.79 Å². The summed E-state index contributed by atoms with van der Waals surface area (Å²) in [6, 6.07) is 4.37. The highest BCUT2D eigenvalue weighted by Crippen LogP contribution is 2.31. The summed E-state index contributed by atoms with van der Waals surface area (Å²) >= 11 is 1.71. The van der Waals surface area contributed by atoms with E-state index in [0.717, 1.165) is 12.8 Å². The summed E-state index contributed by atoms with van der Waals surface area (Å²) < 4.78 is 0. The molecule has 2 heterocycles. The van der Waals surface area contributed by atoms with E-state index >= 15 is 0 Å². The number of carbonyl (C=O) groups excluding carboxylic acids is 1. The summed E-state index contributed by atoms with van der Waals surface area (Å²) in [7, 11) is 0. The second-order valence-corrected chi connectivity index (χ2v) is 6.85. The standard InChI is InChI=1S/C15H24N2OS/c1-10(2)7-8-11(3)17-14(13-6-5-9-19-13)16-12(4)15(17)18/h5-6,9-12,14,16H,7-8H2,1-4H3. The molecule has 2 rings (SSSR count). The lowest BCUT2D eigenvalue weighted by molar-refractivity contribution is -0.131. The van der Waals surface area contributed by atoms with Crippen LogP contribution in [0.5, 0.6) is 0 Å². The Kier molecular flexibility index (Phi) is 4.63. The van der Waals surface area contributed by atoms with Gasteiger partial charge < -0.3 is 4.90 Å². The number of thiophene rings is 1. The van der Waals surface area contributed by atoms with Gasteiger partial charge >= 0.3 is 0 Å². The molecule has 4 heteroatoms. The molecule has 3 nitrogen and oxygen atoms in total. The molecular weight excluding hydrogens is 256 g/mol. The lowest BCUT2D eigenvalue weighted by atomic mass is 10.0. The molecule has 1 aromatic rings. The average Bonchev–Trinajstić information content (AvgIpc) is 2.96. The van der Waals surface area contributed by atoms with E-state index in [-0.39, 0.29) is 18.1 Å². The highest BCUT2D eigenvalue weighted by Gasteiger charge is 2.39. The number of hydrogen-bond acceptors (Lipinski definition) is 3. The molecule has 0 saturated carbocycles. The summed E-state index contributed by atoms with van der Waals surface area (Å²) in [6.07, 6.45) is 2.29. The van der Waals surface area contributed by atoms with Gasteiger partial charge in [-0.3, -0.25) is 10.1 Å². The van der Waals surface area contributed by atoms with Crippen molar-refractivity contribution in [3.05, 3.63) is 22.4 Å². The van der Waals surface area contributed by atoms with Crippen molar-refractivity contribution in [2.24, 2.45) is 5.92 Å². The van der Waals surface area contributed by atoms with Crippen molar-refractivity contribution >= 4 is 17.2 Å². The van der Waals surface area contributed by atoms with Crippen LogP contribution in [0.25, 0.3) is 0 Å². The third-order valence-corrected chi connectivity index (χ3v) is 4.69. The van der Waals surface area contributed by atoms with Gasteiger partial charge in [-0.25, -0.2) is 0 Å². The van der Waals surface area contributed by atoms with E-state index in [2.05, 4.69) is 37.5 Å². The lowest BCUT2D eigenvalue weighted by Gasteiger charge is -2.30. The Labute approximate surface area is 120 Å². The maximum atomic E-state index is 12.4. The number of nitrogens with zero attached hydrogens (tertiary/aromatic N) is 1. The molecule has 19 heavy (non-hydrogen) atoms. The molecular formula is C15H24N2OS. The Morgan fingerprint density at radius 2 is 2.11 bits per heavy atom. The number of hydrogen-bond donors (Lipinski definition) is 1. The van der Waals surface area contributed by atoms with Gasteiger partial charge in [-0.15, -0.1) is 11.3 Å². The van der Waals surface area contributed by atoms with Gasteiger partial charge in [0.25, 0.3) is 0 Å². The summed E-state index contributed by atoms with van der Waals surface area (Å²) in [5.41, 5.74) is 0. The van der Waals surface area contributed by atoms with Crippen molar-refractivity contribution in [2.75, 3.05) is 0 Å². The summed E-state index contributed by atoms with van der Waals surface area (Å²) in [5.74, 6) is 0.917. The van der Waals surface area contributed by atoms with Crippen molar-refractivity contribution in [2.45, 2.75) is 58.8 Å². The van der Waals surface area contributed by atoms with Crippen molar-refractivity contribution in [3.8, 4) is 0 Å². The van der Waals surface area contributed by atoms with E-state index in [4.69, 9.17) is 0 Å². The van der Waals surface area contributed by atoms with E-state index < -0.39 is 0 Å². The largest absolute Gasteiger partial charge is 0.318 e. The highest BCUT2D eigenvalue weighted by molar-refractivity contribution is 7.10. The second-order valence-electron chi connectivity index (χ2n) is 5.87. The van der Waals surface area contributed by atoms with Gasteiger partial charge in [-0.2, -0.15) is 0 Å². The fraction of sp³-hybridized carbons (Fsp3) is 0.667. The predicted molar refractivity (Wildman–Crippen MR) is 80.0 cm³/mol. The molecule has 0 aromatic carbocycles. The molecule has 3 atom stereocenters. The highest BCUT2D eigenvalue weighted by atomic mass is 32.1. The molecule has 0 radical (unpaired) electrons. The van der Waals surface area contributed by atoms with Crippen molar-refractivity contribution in [3.63, 3.8) is 0 Å². The van der Waals surface area contributed by atoms with Crippen LogP contribution in [0.4, 0.5) is 0 Å². The van der Waals surface area contributed by atoms with Crippen molar-refractivity contribution < 1.29 is 4.79 Å². The second kappa shape index (κ2) is 6.06. The summed E-state index contributed by atoms with van der Waals surface area (Å²) in [5, 5.41) is 5.48. The SMILES string of the molecule is CC(C)CCC(C)N1C(=O)C(C)NC1c1cccs1. The Balaban J connectivity index is 2.12. The molecule has 0 bridgehead atoms. The third kappa shape index (κ3) is 3.18. The fourth-order valence-corrected chi connectivity index (χ4v) is 3.37. The Morgan fingerprint density at radius 1 is 1.37 bits per heavy atom. The minimum Gasteiger partial charge on any atom is -0.318 e. The van der Waals surface area contributed by atoms with Crippen LogP contribution in [0.15, 0.2) is 17.5 Å². The molecule has 0 spiro atoms. The Morgan fingerprint density at radius 3 is 2.68 bits per heavy atom. The molecule has 1 amide bonds. The molecule has 0 aliphatic carbocycles. The maximum absolute atomic E-state index is 12.4. The predicted octanol–water partition coefficient (Wildman–Crippen LogP) is 3.39. The molecule has 1 aliphatic heterocycles. The van der Waals surface area contributed by atoms with Crippen LogP contribution in [0.1, 0.15) is 51.6 Å². The third-order valence-electron chi connectivity index (χ3n) is 3.76. The number of rotatable bonds is 5. The van der Waals surface area contributed by atoms with Crippen LogP contribution in [0, 0.1) is 5.92 Å². The monoisotopic (exact) mass is 280 g/mol. The Bertz CT molecular complexity index is 416. The zero-order chi connectivity index (χ0) is 14.0. The molecule has 1 N–H and O–H groups in total. The molecule has 106 valence electrons. The van der Waals surface area contributed by atoms with Gasteiger partial charge in [-0.05, 0) is 44.1 Å². The average molecular weight is 280 g/mol. The quantitative estimate of drug-likeness (QED) is 0.896. The Hall–Kier alpha value is -0.870. The van der Waals surface area contributed by atoms with E-state index in [1.807, 2.05) is 17.9 Å². The van der Waals surface area contributed by atoms with E-state index in [0.29, 0.717) is 12.0 Å². The van der Waals surface area contributed by atoms with Crippen molar-refractivity contribution in [1.82, 2.24) is 10.2 Å². The van der Waals surface area contributed by atoms with Crippen LogP contribution in [-0.4, -0.2) is 22.9 Å². The van der Waals surface area contributed by atoms with Crippen LogP contribution < -0.4 is 5.32 Å². The fourth-order valence-electron chi connectivity index (χ4n) is 2.59. The lowest BCUT2D eigenvalue weighted by Crippen LogP contribution is -2.38. The van der Waals surface area contributed by atoms with Gasteiger partial charge in [0.2, 0.25) is 5.91 Å². The summed E-state index contributed by atoms with van der Waals surface area (Å²) in [4.78, 5) is 15.6. The number of carbonyl (C=O) groups is 1. The first-order valence-corrected chi connectivity index (χ1v) is 8.00. The zero-order valence-electron chi connectivity index (χ0n) is 12.2. The van der Waals surface area contributed by atoms with E-state index in [1.165, 1.54) is 4.88 Å². The first-order valence-electron chi connectivity index (χ1n) is 7.12. The minimum absolute atomic E-state index is 0.0599. The minimum atomic E-state index is -0.0754. The first kappa shape index (κ1) is 14.5. The van der Waals surface area contributed by atoms with Crippen molar-refractivity contribution in [1.29, 1.82) is 0 Å². The van der Waals surface area contributed by atoms with Gasteiger partial charge in [0.1, 0.15) is 6.17 Å². The number of amides is 1. The first-order chi connectivity index (χ1) is 9.00. The summed E-state index contributed by atoms with van der Waals surface area (Å²) in [6.45, 7) is 8.59. The molecule has 1 aromatic heterocycles. The smallest absolute Gasteiger partial charge is 0.241 e. The molecule has 3 unspecified atom stereocenters. The van der Waals surface area contributed by atoms with Crippen LogP contribution in [-0.2, 0) is 4.79 Å². The van der Waals surface area contributed by atoms with E-state index in [1.54, 1.807) is 11.3 Å². The van der Waals surface area contributed by atoms with Crippen LogP contribution in [0.3, 0.4) is 0 Å². The normalized spacial score (nSPS) is 25.3. The van der Waals surface area contributed by atoms with Gasteiger partial charge in [0, 0.05) is 10.9 Å². The molecule has 1 saturated heterocycles.